The van der Waals surface area contributed by atoms with Gasteiger partial charge in [0.05, 0.1) is 5.60 Å². The van der Waals surface area contributed by atoms with Crippen molar-refractivity contribution in [2.45, 2.75) is 32.4 Å². The van der Waals surface area contributed by atoms with E-state index in [-0.39, 0.29) is 5.82 Å². The van der Waals surface area contributed by atoms with E-state index < -0.39 is 5.60 Å². The number of halogens is 1. The SMILES string of the molecule is COCCC(C)(O)CNCc1cc(F)ccc1C. The second-order valence-corrected chi connectivity index (χ2v) is 4.91. The Kier molecular flexibility index (Phi) is 5.72. The molecule has 1 rings (SSSR count). The van der Waals surface area contributed by atoms with Crippen LogP contribution in [0.4, 0.5) is 4.39 Å². The van der Waals surface area contributed by atoms with Crippen molar-refractivity contribution in [2.75, 3.05) is 20.3 Å². The second kappa shape index (κ2) is 6.83. The summed E-state index contributed by atoms with van der Waals surface area (Å²) in [5, 5.41) is 13.2. The van der Waals surface area contributed by atoms with E-state index in [1.165, 1.54) is 12.1 Å². The number of hydrogen-bond donors (Lipinski definition) is 2. The van der Waals surface area contributed by atoms with E-state index in [0.717, 1.165) is 11.1 Å². The van der Waals surface area contributed by atoms with Crippen LogP contribution in [-0.2, 0) is 11.3 Å². The van der Waals surface area contributed by atoms with Crippen LogP contribution in [0.2, 0.25) is 0 Å². The predicted molar refractivity (Wildman–Crippen MR) is 70.0 cm³/mol. The zero-order valence-electron chi connectivity index (χ0n) is 11.3. The topological polar surface area (TPSA) is 41.5 Å². The second-order valence-electron chi connectivity index (χ2n) is 4.91. The Balaban J connectivity index is 2.43. The zero-order chi connectivity index (χ0) is 13.6. The quantitative estimate of drug-likeness (QED) is 0.783. The molecule has 0 saturated heterocycles. The Labute approximate surface area is 108 Å². The molecule has 0 saturated carbocycles. The summed E-state index contributed by atoms with van der Waals surface area (Å²) >= 11 is 0. The molecular formula is C14H22FNO2. The molecule has 1 aromatic rings. The summed E-state index contributed by atoms with van der Waals surface area (Å²) in [6.45, 7) is 5.23. The van der Waals surface area contributed by atoms with Crippen LogP contribution in [0, 0.1) is 12.7 Å². The lowest BCUT2D eigenvalue weighted by Crippen LogP contribution is -2.38. The van der Waals surface area contributed by atoms with Gasteiger partial charge in [-0.15, -0.1) is 0 Å². The molecule has 3 nitrogen and oxygen atoms in total. The Bertz CT molecular complexity index is 380. The first kappa shape index (κ1) is 15.1. The van der Waals surface area contributed by atoms with Gasteiger partial charge in [-0.05, 0) is 37.1 Å². The fourth-order valence-corrected chi connectivity index (χ4v) is 1.71. The van der Waals surface area contributed by atoms with Crippen LogP contribution in [0.1, 0.15) is 24.5 Å². The van der Waals surface area contributed by atoms with E-state index in [4.69, 9.17) is 4.74 Å². The molecule has 0 fully saturated rings. The molecule has 0 aliphatic heterocycles. The number of hydrogen-bond acceptors (Lipinski definition) is 3. The van der Waals surface area contributed by atoms with Crippen LogP contribution < -0.4 is 5.32 Å². The van der Waals surface area contributed by atoms with E-state index in [1.54, 1.807) is 20.1 Å². The number of nitrogens with one attached hydrogen (secondary N) is 1. The molecule has 4 heteroatoms. The van der Waals surface area contributed by atoms with E-state index in [9.17, 15) is 9.50 Å². The van der Waals surface area contributed by atoms with Gasteiger partial charge in [-0.1, -0.05) is 6.07 Å². The Morgan fingerprint density at radius 1 is 1.44 bits per heavy atom. The minimum Gasteiger partial charge on any atom is -0.389 e. The van der Waals surface area contributed by atoms with Gasteiger partial charge in [-0.2, -0.15) is 0 Å². The molecule has 0 heterocycles. The molecule has 18 heavy (non-hydrogen) atoms. The van der Waals surface area contributed by atoms with Gasteiger partial charge in [0.1, 0.15) is 5.82 Å². The third kappa shape index (κ3) is 5.12. The van der Waals surface area contributed by atoms with E-state index in [2.05, 4.69) is 5.32 Å². The van der Waals surface area contributed by atoms with Crippen molar-refractivity contribution in [3.8, 4) is 0 Å². The summed E-state index contributed by atoms with van der Waals surface area (Å²) < 4.78 is 18.0. The largest absolute Gasteiger partial charge is 0.389 e. The van der Waals surface area contributed by atoms with Gasteiger partial charge >= 0.3 is 0 Å². The number of rotatable bonds is 7. The zero-order valence-corrected chi connectivity index (χ0v) is 11.3. The monoisotopic (exact) mass is 255 g/mol. The summed E-state index contributed by atoms with van der Waals surface area (Å²) in [6.07, 6.45) is 0.568. The molecule has 0 amide bonds. The van der Waals surface area contributed by atoms with Crippen molar-refractivity contribution in [3.05, 3.63) is 35.1 Å². The number of ether oxygens (including phenoxy) is 1. The Hall–Kier alpha value is -0.970. The molecule has 0 radical (unpaired) electrons. The first-order valence-electron chi connectivity index (χ1n) is 6.12. The third-order valence-electron chi connectivity index (χ3n) is 2.98. The highest BCUT2D eigenvalue weighted by Crippen LogP contribution is 2.11. The molecule has 1 unspecified atom stereocenters. The maximum absolute atomic E-state index is 13.1. The van der Waals surface area contributed by atoms with E-state index >= 15 is 0 Å². The smallest absolute Gasteiger partial charge is 0.123 e. The van der Waals surface area contributed by atoms with Crippen molar-refractivity contribution >= 4 is 0 Å². The first-order chi connectivity index (χ1) is 8.44. The minimum absolute atomic E-state index is 0.233. The molecular weight excluding hydrogens is 233 g/mol. The van der Waals surface area contributed by atoms with Gasteiger partial charge in [0.15, 0.2) is 0 Å². The Morgan fingerprint density at radius 3 is 2.83 bits per heavy atom. The summed E-state index contributed by atoms with van der Waals surface area (Å²) in [4.78, 5) is 0. The van der Waals surface area contributed by atoms with Crippen molar-refractivity contribution in [2.24, 2.45) is 0 Å². The van der Waals surface area contributed by atoms with Crippen molar-refractivity contribution in [3.63, 3.8) is 0 Å². The maximum atomic E-state index is 13.1. The number of methoxy groups -OCH3 is 1. The number of aliphatic hydroxyl groups is 1. The predicted octanol–water partition coefficient (Wildman–Crippen LogP) is 2.01. The van der Waals surface area contributed by atoms with Crippen LogP contribution in [0.25, 0.3) is 0 Å². The van der Waals surface area contributed by atoms with Gasteiger partial charge in [0.2, 0.25) is 0 Å². The van der Waals surface area contributed by atoms with Gasteiger partial charge in [0, 0.05) is 33.2 Å². The molecule has 102 valence electrons. The summed E-state index contributed by atoms with van der Waals surface area (Å²) in [6, 6.07) is 4.73. The van der Waals surface area contributed by atoms with Crippen LogP contribution in [0.15, 0.2) is 18.2 Å². The third-order valence-corrected chi connectivity index (χ3v) is 2.98. The number of aryl methyl sites for hydroxylation is 1. The van der Waals surface area contributed by atoms with E-state index in [1.807, 2.05) is 6.92 Å². The van der Waals surface area contributed by atoms with Crippen LogP contribution >= 0.6 is 0 Å². The van der Waals surface area contributed by atoms with Gasteiger partial charge < -0.3 is 15.2 Å². The van der Waals surface area contributed by atoms with Gasteiger partial charge in [-0.3, -0.25) is 0 Å². The summed E-state index contributed by atoms with van der Waals surface area (Å²) in [5.41, 5.74) is 1.15. The van der Waals surface area contributed by atoms with E-state index in [0.29, 0.717) is 26.1 Å². The normalized spacial score (nSPS) is 14.5. The fourth-order valence-electron chi connectivity index (χ4n) is 1.71. The highest BCUT2D eigenvalue weighted by Gasteiger charge is 2.19. The molecule has 2 N–H and O–H groups in total. The average Bonchev–Trinajstić information content (AvgIpc) is 2.31. The lowest BCUT2D eigenvalue weighted by atomic mass is 10.0. The molecule has 0 bridgehead atoms. The lowest BCUT2D eigenvalue weighted by Gasteiger charge is -2.23. The van der Waals surface area contributed by atoms with Crippen molar-refractivity contribution in [1.29, 1.82) is 0 Å². The lowest BCUT2D eigenvalue weighted by molar-refractivity contribution is 0.0247. The highest BCUT2D eigenvalue weighted by atomic mass is 19.1. The number of benzene rings is 1. The van der Waals surface area contributed by atoms with Gasteiger partial charge in [0.25, 0.3) is 0 Å². The fraction of sp³-hybridized carbons (Fsp3) is 0.571. The minimum atomic E-state index is -0.808. The Morgan fingerprint density at radius 2 is 2.17 bits per heavy atom. The highest BCUT2D eigenvalue weighted by molar-refractivity contribution is 5.26. The van der Waals surface area contributed by atoms with Crippen LogP contribution in [-0.4, -0.2) is 31.0 Å². The molecule has 0 aliphatic carbocycles. The summed E-state index contributed by atoms with van der Waals surface area (Å²) in [7, 11) is 1.61. The average molecular weight is 255 g/mol. The molecule has 0 spiro atoms. The summed E-state index contributed by atoms with van der Waals surface area (Å²) in [5.74, 6) is -0.233. The van der Waals surface area contributed by atoms with Crippen molar-refractivity contribution in [1.82, 2.24) is 5.32 Å². The standard InChI is InChI=1S/C14H22FNO2/c1-11-4-5-13(15)8-12(11)9-16-10-14(2,17)6-7-18-3/h4-5,8,16-17H,6-7,9-10H2,1-3H3. The molecule has 0 aromatic heterocycles. The van der Waals surface area contributed by atoms with Crippen LogP contribution in [0.5, 0.6) is 0 Å². The maximum Gasteiger partial charge on any atom is 0.123 e. The van der Waals surface area contributed by atoms with Gasteiger partial charge in [-0.25, -0.2) is 4.39 Å². The van der Waals surface area contributed by atoms with Crippen molar-refractivity contribution < 1.29 is 14.2 Å². The molecule has 1 atom stereocenters. The molecule has 0 aliphatic rings. The van der Waals surface area contributed by atoms with Crippen LogP contribution in [0.3, 0.4) is 0 Å². The first-order valence-corrected chi connectivity index (χ1v) is 6.12. The molecule has 1 aromatic carbocycles.